The van der Waals surface area contributed by atoms with Crippen molar-refractivity contribution in [1.82, 2.24) is 5.32 Å². The SMILES string of the molecule is CCCCNC(=O)CNc1cc(Br)ccc1C. The Morgan fingerprint density at radius 1 is 1.41 bits per heavy atom. The van der Waals surface area contributed by atoms with Gasteiger partial charge in [-0.25, -0.2) is 0 Å². The third kappa shape index (κ3) is 5.22. The van der Waals surface area contributed by atoms with Crippen LogP contribution in [-0.4, -0.2) is 19.0 Å². The fraction of sp³-hybridized carbons (Fsp3) is 0.462. The second-order valence-electron chi connectivity index (χ2n) is 4.02. The van der Waals surface area contributed by atoms with E-state index in [1.165, 1.54) is 0 Å². The molecule has 0 aromatic heterocycles. The highest BCUT2D eigenvalue weighted by Crippen LogP contribution is 2.20. The van der Waals surface area contributed by atoms with E-state index in [0.717, 1.165) is 35.1 Å². The summed E-state index contributed by atoms with van der Waals surface area (Å²) in [6.45, 7) is 5.20. The lowest BCUT2D eigenvalue weighted by Gasteiger charge is -2.10. The zero-order valence-electron chi connectivity index (χ0n) is 10.3. The number of hydrogen-bond acceptors (Lipinski definition) is 2. The van der Waals surface area contributed by atoms with Gasteiger partial charge in [-0.05, 0) is 31.0 Å². The van der Waals surface area contributed by atoms with Gasteiger partial charge in [-0.3, -0.25) is 4.79 Å². The fourth-order valence-electron chi connectivity index (χ4n) is 1.43. The van der Waals surface area contributed by atoms with Crippen molar-refractivity contribution in [3.05, 3.63) is 28.2 Å². The Kier molecular flexibility index (Phi) is 6.05. The molecule has 4 heteroatoms. The number of unbranched alkanes of at least 4 members (excludes halogenated alkanes) is 1. The molecule has 1 rings (SSSR count). The molecule has 0 aliphatic heterocycles. The molecular formula is C13H19BrN2O. The first kappa shape index (κ1) is 14.0. The lowest BCUT2D eigenvalue weighted by Crippen LogP contribution is -2.30. The smallest absolute Gasteiger partial charge is 0.239 e. The van der Waals surface area contributed by atoms with Crippen LogP contribution in [0.25, 0.3) is 0 Å². The molecule has 0 aliphatic carbocycles. The third-order valence-electron chi connectivity index (χ3n) is 2.49. The predicted octanol–water partition coefficient (Wildman–Crippen LogP) is 3.09. The molecular weight excluding hydrogens is 280 g/mol. The molecule has 0 spiro atoms. The van der Waals surface area contributed by atoms with E-state index >= 15 is 0 Å². The third-order valence-corrected chi connectivity index (χ3v) is 2.98. The lowest BCUT2D eigenvalue weighted by molar-refractivity contribution is -0.119. The average Bonchev–Trinajstić information content (AvgIpc) is 2.31. The van der Waals surface area contributed by atoms with E-state index in [1.54, 1.807) is 0 Å². The minimum atomic E-state index is 0.0397. The zero-order valence-corrected chi connectivity index (χ0v) is 11.9. The van der Waals surface area contributed by atoms with E-state index in [0.29, 0.717) is 6.54 Å². The van der Waals surface area contributed by atoms with E-state index in [4.69, 9.17) is 0 Å². The van der Waals surface area contributed by atoms with Gasteiger partial charge >= 0.3 is 0 Å². The van der Waals surface area contributed by atoms with Crippen LogP contribution in [0.4, 0.5) is 5.69 Å². The average molecular weight is 299 g/mol. The van der Waals surface area contributed by atoms with Gasteiger partial charge in [0.2, 0.25) is 5.91 Å². The van der Waals surface area contributed by atoms with Crippen LogP contribution in [0.2, 0.25) is 0 Å². The second-order valence-corrected chi connectivity index (χ2v) is 4.93. The number of aryl methyl sites for hydroxylation is 1. The Morgan fingerprint density at radius 2 is 2.18 bits per heavy atom. The van der Waals surface area contributed by atoms with Crippen LogP contribution in [-0.2, 0) is 4.79 Å². The standard InChI is InChI=1S/C13H19BrN2O/c1-3-4-7-15-13(17)9-16-12-8-11(14)6-5-10(12)2/h5-6,8,16H,3-4,7,9H2,1-2H3,(H,15,17). The predicted molar refractivity (Wildman–Crippen MR) is 75.3 cm³/mol. The van der Waals surface area contributed by atoms with Gasteiger partial charge in [0.05, 0.1) is 6.54 Å². The summed E-state index contributed by atoms with van der Waals surface area (Å²) in [4.78, 5) is 11.5. The number of carbonyl (C=O) groups is 1. The topological polar surface area (TPSA) is 41.1 Å². The lowest BCUT2D eigenvalue weighted by atomic mass is 10.2. The Labute approximate surface area is 111 Å². The molecule has 0 heterocycles. The molecule has 0 saturated heterocycles. The number of carbonyl (C=O) groups excluding carboxylic acids is 1. The summed E-state index contributed by atoms with van der Waals surface area (Å²) in [7, 11) is 0. The normalized spacial score (nSPS) is 10.1. The number of amides is 1. The molecule has 0 radical (unpaired) electrons. The van der Waals surface area contributed by atoms with Crippen molar-refractivity contribution >= 4 is 27.5 Å². The Bertz CT molecular complexity index is 380. The highest BCUT2D eigenvalue weighted by molar-refractivity contribution is 9.10. The van der Waals surface area contributed by atoms with Crippen molar-refractivity contribution in [2.75, 3.05) is 18.4 Å². The minimum Gasteiger partial charge on any atom is -0.376 e. The van der Waals surface area contributed by atoms with E-state index < -0.39 is 0 Å². The first-order chi connectivity index (χ1) is 8.13. The van der Waals surface area contributed by atoms with Gasteiger partial charge in [0.1, 0.15) is 0 Å². The summed E-state index contributed by atoms with van der Waals surface area (Å²) in [6.07, 6.45) is 2.13. The molecule has 0 bridgehead atoms. The van der Waals surface area contributed by atoms with Crippen molar-refractivity contribution in [3.8, 4) is 0 Å². The quantitative estimate of drug-likeness (QED) is 0.793. The Hall–Kier alpha value is -1.03. The molecule has 94 valence electrons. The van der Waals surface area contributed by atoms with Gasteiger partial charge < -0.3 is 10.6 Å². The van der Waals surface area contributed by atoms with Gasteiger partial charge in [-0.2, -0.15) is 0 Å². The van der Waals surface area contributed by atoms with Gasteiger partial charge in [-0.1, -0.05) is 35.3 Å². The molecule has 0 saturated carbocycles. The molecule has 1 aromatic carbocycles. The fourth-order valence-corrected chi connectivity index (χ4v) is 1.79. The zero-order chi connectivity index (χ0) is 12.7. The maximum absolute atomic E-state index is 11.5. The summed E-state index contributed by atoms with van der Waals surface area (Å²) in [5.74, 6) is 0.0397. The summed E-state index contributed by atoms with van der Waals surface area (Å²) < 4.78 is 1.01. The number of nitrogens with one attached hydrogen (secondary N) is 2. The minimum absolute atomic E-state index is 0.0397. The molecule has 0 aliphatic rings. The van der Waals surface area contributed by atoms with Crippen molar-refractivity contribution in [2.24, 2.45) is 0 Å². The monoisotopic (exact) mass is 298 g/mol. The van der Waals surface area contributed by atoms with E-state index in [9.17, 15) is 4.79 Å². The van der Waals surface area contributed by atoms with Gasteiger partial charge in [0.15, 0.2) is 0 Å². The van der Waals surface area contributed by atoms with Crippen LogP contribution in [0.3, 0.4) is 0 Å². The van der Waals surface area contributed by atoms with Crippen molar-refractivity contribution in [3.63, 3.8) is 0 Å². The summed E-state index contributed by atoms with van der Waals surface area (Å²) in [5.41, 5.74) is 2.12. The maximum atomic E-state index is 11.5. The Balaban J connectivity index is 2.39. The van der Waals surface area contributed by atoms with Crippen molar-refractivity contribution in [2.45, 2.75) is 26.7 Å². The van der Waals surface area contributed by atoms with Crippen LogP contribution >= 0.6 is 15.9 Å². The van der Waals surface area contributed by atoms with Crippen LogP contribution in [0, 0.1) is 6.92 Å². The second kappa shape index (κ2) is 7.33. The summed E-state index contributed by atoms with van der Waals surface area (Å²) >= 11 is 3.41. The molecule has 0 fully saturated rings. The van der Waals surface area contributed by atoms with Gasteiger partial charge in [-0.15, -0.1) is 0 Å². The van der Waals surface area contributed by atoms with Crippen LogP contribution in [0.15, 0.2) is 22.7 Å². The van der Waals surface area contributed by atoms with E-state index in [2.05, 4.69) is 33.5 Å². The Morgan fingerprint density at radius 3 is 2.88 bits per heavy atom. The molecule has 2 N–H and O–H groups in total. The number of halogens is 1. The molecule has 0 unspecified atom stereocenters. The van der Waals surface area contributed by atoms with E-state index in [1.807, 2.05) is 25.1 Å². The molecule has 0 atom stereocenters. The summed E-state index contributed by atoms with van der Waals surface area (Å²) in [5, 5.41) is 6.01. The highest BCUT2D eigenvalue weighted by Gasteiger charge is 2.02. The number of benzene rings is 1. The molecule has 1 aromatic rings. The van der Waals surface area contributed by atoms with Crippen molar-refractivity contribution < 1.29 is 4.79 Å². The molecule has 17 heavy (non-hydrogen) atoms. The largest absolute Gasteiger partial charge is 0.376 e. The maximum Gasteiger partial charge on any atom is 0.239 e. The highest BCUT2D eigenvalue weighted by atomic mass is 79.9. The number of rotatable bonds is 6. The molecule has 3 nitrogen and oxygen atoms in total. The molecule has 1 amide bonds. The number of hydrogen-bond donors (Lipinski definition) is 2. The summed E-state index contributed by atoms with van der Waals surface area (Å²) in [6, 6.07) is 5.98. The number of anilines is 1. The van der Waals surface area contributed by atoms with Gasteiger partial charge in [0, 0.05) is 16.7 Å². The van der Waals surface area contributed by atoms with Crippen LogP contribution < -0.4 is 10.6 Å². The van der Waals surface area contributed by atoms with Gasteiger partial charge in [0.25, 0.3) is 0 Å². The van der Waals surface area contributed by atoms with Crippen molar-refractivity contribution in [1.29, 1.82) is 0 Å². The van der Waals surface area contributed by atoms with Crippen LogP contribution in [0.1, 0.15) is 25.3 Å². The first-order valence-electron chi connectivity index (χ1n) is 5.90. The van der Waals surface area contributed by atoms with Crippen LogP contribution in [0.5, 0.6) is 0 Å². The first-order valence-corrected chi connectivity index (χ1v) is 6.69. The van der Waals surface area contributed by atoms with E-state index in [-0.39, 0.29) is 5.91 Å².